The third kappa shape index (κ3) is 6.81. The second-order valence-electron chi connectivity index (χ2n) is 9.22. The molecule has 2 fully saturated rings. The molecule has 2 heterocycles. The Balaban J connectivity index is 1.49. The number of likely N-dealkylation sites (N-methyl/N-ethyl adjacent to an activating group) is 1. The van der Waals surface area contributed by atoms with Crippen molar-refractivity contribution >= 4 is 52.3 Å². The lowest BCUT2D eigenvalue weighted by molar-refractivity contribution is -0.124. The van der Waals surface area contributed by atoms with Gasteiger partial charge in [0.1, 0.15) is 11.8 Å². The molecule has 0 aromatic heterocycles. The number of thioether (sulfide) groups is 1. The normalized spacial score (nSPS) is 18.9. The fourth-order valence-corrected chi connectivity index (χ4v) is 5.45. The third-order valence-corrected chi connectivity index (χ3v) is 7.85. The quantitative estimate of drug-likeness (QED) is 0.363. The van der Waals surface area contributed by atoms with Gasteiger partial charge in [-0.25, -0.2) is 0 Å². The van der Waals surface area contributed by atoms with E-state index in [-0.39, 0.29) is 18.2 Å². The van der Waals surface area contributed by atoms with Gasteiger partial charge in [-0.1, -0.05) is 6.07 Å². The van der Waals surface area contributed by atoms with Crippen LogP contribution in [0.2, 0.25) is 0 Å². The molecule has 0 saturated carbocycles. The number of nitrogens with zero attached hydrogens (tertiary/aromatic N) is 4. The second-order valence-corrected chi connectivity index (χ2v) is 10.5. The average molecular weight is 542 g/mol. The minimum absolute atomic E-state index is 0.0215. The topological polar surface area (TPSA) is 68.4 Å². The highest BCUT2D eigenvalue weighted by Gasteiger charge is 2.44. The smallest absolute Gasteiger partial charge is 0.256 e. The van der Waals surface area contributed by atoms with Gasteiger partial charge in [0.2, 0.25) is 5.91 Å². The van der Waals surface area contributed by atoms with Crippen LogP contribution in [-0.2, 0) is 9.59 Å². The molecular weight excluding hydrogens is 506 g/mol. The molecule has 1 atom stereocenters. The first-order chi connectivity index (χ1) is 17.9. The Morgan fingerprint density at radius 2 is 1.84 bits per heavy atom. The summed E-state index contributed by atoms with van der Waals surface area (Å²) in [6.45, 7) is 7.88. The highest BCUT2D eigenvalue weighted by molar-refractivity contribution is 7.98. The van der Waals surface area contributed by atoms with Gasteiger partial charge in [-0.15, -0.1) is 11.8 Å². The molecule has 2 aliphatic heterocycles. The van der Waals surface area contributed by atoms with Crippen LogP contribution in [0.1, 0.15) is 13.3 Å². The number of piperazine rings is 1. The fraction of sp³-hybridized carbons (Fsp3) is 0.444. The van der Waals surface area contributed by atoms with E-state index in [1.165, 1.54) is 0 Å². The van der Waals surface area contributed by atoms with Gasteiger partial charge >= 0.3 is 0 Å². The summed E-state index contributed by atoms with van der Waals surface area (Å²) in [6, 6.07) is 14.4. The molecule has 37 heavy (non-hydrogen) atoms. The second kappa shape index (κ2) is 12.7. The number of anilines is 2. The summed E-state index contributed by atoms with van der Waals surface area (Å²) < 4.78 is 5.47. The monoisotopic (exact) mass is 541 g/mol. The molecule has 0 unspecified atom stereocenters. The average Bonchev–Trinajstić information content (AvgIpc) is 3.13. The van der Waals surface area contributed by atoms with Crippen LogP contribution in [0.5, 0.6) is 5.75 Å². The van der Waals surface area contributed by atoms with Crippen LogP contribution in [0, 0.1) is 0 Å². The highest BCUT2D eigenvalue weighted by Crippen LogP contribution is 2.30. The lowest BCUT2D eigenvalue weighted by Crippen LogP contribution is -2.48. The standard InChI is InChI=1S/C27H35N5O3S2/c1-4-35-22-10-8-20(9-11-22)28-25(33)19-24-26(34)32(21-6-5-7-23(18-21)37-3)27(36)31(24)17-16-30-14-12-29(2)13-15-30/h5-11,18,24H,4,12-17,19H2,1-3H3,(H,28,33)/t24-/m0/s1. The number of ether oxygens (including phenoxy) is 1. The van der Waals surface area contributed by atoms with Crippen molar-refractivity contribution in [1.82, 2.24) is 14.7 Å². The molecule has 2 aliphatic rings. The molecule has 2 amide bonds. The number of hydrogen-bond acceptors (Lipinski definition) is 7. The van der Waals surface area contributed by atoms with E-state index in [4.69, 9.17) is 17.0 Å². The Morgan fingerprint density at radius 3 is 2.51 bits per heavy atom. The van der Waals surface area contributed by atoms with Crippen LogP contribution in [0.25, 0.3) is 0 Å². The number of thiocarbonyl (C=S) groups is 1. The van der Waals surface area contributed by atoms with Gasteiger partial charge in [-0.05, 0) is 74.9 Å². The van der Waals surface area contributed by atoms with Crippen molar-refractivity contribution in [2.45, 2.75) is 24.3 Å². The van der Waals surface area contributed by atoms with Crippen molar-refractivity contribution in [2.24, 2.45) is 0 Å². The minimum atomic E-state index is -0.652. The molecule has 0 aliphatic carbocycles. The summed E-state index contributed by atoms with van der Waals surface area (Å²) in [5, 5.41) is 3.38. The van der Waals surface area contributed by atoms with Crippen LogP contribution in [-0.4, -0.2) is 96.8 Å². The number of nitrogens with one attached hydrogen (secondary N) is 1. The zero-order chi connectivity index (χ0) is 26.4. The van der Waals surface area contributed by atoms with E-state index in [1.807, 2.05) is 54.5 Å². The Bertz CT molecular complexity index is 1110. The maximum atomic E-state index is 13.7. The SMILES string of the molecule is CCOc1ccc(NC(=O)C[C@H]2C(=O)N(c3cccc(SC)c3)C(=S)N2CCN2CCN(C)CC2)cc1. The number of benzene rings is 2. The van der Waals surface area contributed by atoms with E-state index in [2.05, 4.69) is 22.2 Å². The van der Waals surface area contributed by atoms with E-state index >= 15 is 0 Å². The van der Waals surface area contributed by atoms with Crippen molar-refractivity contribution in [2.75, 3.05) is 69.4 Å². The first kappa shape index (κ1) is 27.4. The van der Waals surface area contributed by atoms with Gasteiger partial charge in [-0.3, -0.25) is 19.4 Å². The van der Waals surface area contributed by atoms with E-state index < -0.39 is 6.04 Å². The summed E-state index contributed by atoms with van der Waals surface area (Å²) in [4.78, 5) is 36.0. The zero-order valence-corrected chi connectivity index (χ0v) is 23.3. The minimum Gasteiger partial charge on any atom is -0.494 e. The number of hydrogen-bond donors (Lipinski definition) is 1. The summed E-state index contributed by atoms with van der Waals surface area (Å²) in [5.41, 5.74) is 1.40. The van der Waals surface area contributed by atoms with Crippen molar-refractivity contribution in [1.29, 1.82) is 0 Å². The molecule has 10 heteroatoms. The van der Waals surface area contributed by atoms with Crippen LogP contribution in [0.15, 0.2) is 53.4 Å². The molecule has 1 N–H and O–H groups in total. The lowest BCUT2D eigenvalue weighted by Gasteiger charge is -2.34. The summed E-state index contributed by atoms with van der Waals surface area (Å²) in [7, 11) is 2.13. The maximum absolute atomic E-state index is 13.7. The van der Waals surface area contributed by atoms with E-state index in [0.29, 0.717) is 24.0 Å². The third-order valence-electron chi connectivity index (χ3n) is 6.71. The predicted molar refractivity (Wildman–Crippen MR) is 154 cm³/mol. The van der Waals surface area contributed by atoms with Crippen molar-refractivity contribution in [3.8, 4) is 5.75 Å². The Morgan fingerprint density at radius 1 is 1.11 bits per heavy atom. The van der Waals surface area contributed by atoms with Gasteiger partial charge in [0.25, 0.3) is 5.91 Å². The van der Waals surface area contributed by atoms with E-state index in [9.17, 15) is 9.59 Å². The van der Waals surface area contributed by atoms with Crippen molar-refractivity contribution < 1.29 is 14.3 Å². The van der Waals surface area contributed by atoms with Gasteiger partial charge in [0, 0.05) is 49.9 Å². The number of rotatable bonds is 10. The summed E-state index contributed by atoms with van der Waals surface area (Å²) in [6.07, 6.45) is 2.02. The Kier molecular flexibility index (Phi) is 9.42. The summed E-state index contributed by atoms with van der Waals surface area (Å²) >= 11 is 7.45. The molecule has 2 saturated heterocycles. The van der Waals surface area contributed by atoms with Gasteiger partial charge in [0.05, 0.1) is 18.7 Å². The van der Waals surface area contributed by atoms with Crippen LogP contribution in [0.3, 0.4) is 0 Å². The molecule has 0 spiro atoms. The van der Waals surface area contributed by atoms with Gasteiger partial charge < -0.3 is 19.9 Å². The molecule has 2 aromatic carbocycles. The molecule has 198 valence electrons. The van der Waals surface area contributed by atoms with E-state index in [0.717, 1.165) is 49.1 Å². The molecule has 8 nitrogen and oxygen atoms in total. The predicted octanol–water partition coefficient (Wildman–Crippen LogP) is 3.39. The van der Waals surface area contributed by atoms with Crippen molar-refractivity contribution in [3.63, 3.8) is 0 Å². The first-order valence-electron chi connectivity index (χ1n) is 12.6. The number of carbonyl (C=O) groups excluding carboxylic acids is 2. The van der Waals surface area contributed by atoms with Gasteiger partial charge in [-0.2, -0.15) is 0 Å². The molecule has 4 rings (SSSR count). The van der Waals surface area contributed by atoms with Crippen LogP contribution in [0.4, 0.5) is 11.4 Å². The van der Waals surface area contributed by atoms with Gasteiger partial charge in [0.15, 0.2) is 5.11 Å². The first-order valence-corrected chi connectivity index (χ1v) is 14.2. The Hall–Kier alpha value is -2.66. The number of amides is 2. The summed E-state index contributed by atoms with van der Waals surface area (Å²) in [5.74, 6) is 0.355. The molecule has 2 aromatic rings. The molecular formula is C27H35N5O3S2. The Labute approximate surface area is 228 Å². The zero-order valence-electron chi connectivity index (χ0n) is 21.7. The van der Waals surface area contributed by atoms with Crippen LogP contribution >= 0.6 is 24.0 Å². The fourth-order valence-electron chi connectivity index (χ4n) is 4.58. The molecule has 0 radical (unpaired) electrons. The lowest BCUT2D eigenvalue weighted by atomic mass is 10.1. The molecule has 0 bridgehead atoms. The van der Waals surface area contributed by atoms with Crippen molar-refractivity contribution in [3.05, 3.63) is 48.5 Å². The largest absolute Gasteiger partial charge is 0.494 e. The van der Waals surface area contributed by atoms with Crippen LogP contribution < -0.4 is 15.0 Å². The maximum Gasteiger partial charge on any atom is 0.256 e. The number of carbonyl (C=O) groups is 2. The van der Waals surface area contributed by atoms with E-state index in [1.54, 1.807) is 28.8 Å². The highest BCUT2D eigenvalue weighted by atomic mass is 32.2.